The molecule has 3 aromatic heterocycles. The molecule has 0 aromatic carbocycles. The van der Waals surface area contributed by atoms with Gasteiger partial charge in [0, 0.05) is 18.8 Å². The van der Waals surface area contributed by atoms with Crippen LogP contribution in [0, 0.1) is 5.92 Å². The second-order valence-corrected chi connectivity index (χ2v) is 6.32. The van der Waals surface area contributed by atoms with Crippen LogP contribution in [0.1, 0.15) is 17.4 Å². The predicted octanol–water partition coefficient (Wildman–Crippen LogP) is 2.38. The number of rotatable bonds is 4. The molecule has 3 aromatic rings. The van der Waals surface area contributed by atoms with Crippen molar-refractivity contribution in [3.05, 3.63) is 45.9 Å². The molecular formula is C14H13Cl2N5O. The first-order valence-corrected chi connectivity index (χ1v) is 7.78. The molecule has 1 aliphatic rings. The van der Waals surface area contributed by atoms with Crippen LogP contribution in [0.2, 0.25) is 10.0 Å². The van der Waals surface area contributed by atoms with Gasteiger partial charge in [-0.25, -0.2) is 4.98 Å². The monoisotopic (exact) mass is 337 g/mol. The predicted molar refractivity (Wildman–Crippen MR) is 82.4 cm³/mol. The molecule has 22 heavy (non-hydrogen) atoms. The Kier molecular flexibility index (Phi) is 3.52. The standard InChI is InChI=1S/C14H13Cl2N5O/c15-9-2-11(16)14-18-10(7-21(14)6-9)3-13-19-12(20-22-13)1-8-4-17-5-8/h2,6-8,17H,1,3-5H2. The number of hydrogen-bond donors (Lipinski definition) is 1. The molecule has 4 heterocycles. The molecule has 1 fully saturated rings. The lowest BCUT2D eigenvalue weighted by Crippen LogP contribution is -2.43. The summed E-state index contributed by atoms with van der Waals surface area (Å²) in [5.74, 6) is 1.93. The molecule has 0 spiro atoms. The summed E-state index contributed by atoms with van der Waals surface area (Å²) in [5, 5.41) is 8.34. The molecule has 114 valence electrons. The number of halogens is 2. The average Bonchev–Trinajstić information content (AvgIpc) is 3.01. The van der Waals surface area contributed by atoms with E-state index in [0.717, 1.165) is 31.0 Å². The lowest BCUT2D eigenvalue weighted by atomic mass is 9.99. The average molecular weight is 338 g/mol. The van der Waals surface area contributed by atoms with Crippen molar-refractivity contribution >= 4 is 28.8 Å². The number of fused-ring (bicyclic) bond motifs is 1. The zero-order valence-corrected chi connectivity index (χ0v) is 13.1. The molecular weight excluding hydrogens is 325 g/mol. The van der Waals surface area contributed by atoms with Crippen molar-refractivity contribution in [3.63, 3.8) is 0 Å². The van der Waals surface area contributed by atoms with Crippen molar-refractivity contribution in [1.82, 2.24) is 24.8 Å². The summed E-state index contributed by atoms with van der Waals surface area (Å²) < 4.78 is 7.10. The highest BCUT2D eigenvalue weighted by Gasteiger charge is 2.20. The molecule has 8 heteroatoms. The third kappa shape index (κ3) is 2.69. The van der Waals surface area contributed by atoms with E-state index < -0.39 is 0 Å². The molecule has 1 N–H and O–H groups in total. The Morgan fingerprint density at radius 2 is 2.14 bits per heavy atom. The Bertz CT molecular complexity index is 824. The number of nitrogens with one attached hydrogen (secondary N) is 1. The summed E-state index contributed by atoms with van der Waals surface area (Å²) in [5.41, 5.74) is 1.48. The van der Waals surface area contributed by atoms with Crippen LogP contribution in [-0.4, -0.2) is 32.6 Å². The fourth-order valence-corrected chi connectivity index (χ4v) is 3.04. The Morgan fingerprint density at radius 1 is 1.27 bits per heavy atom. The first-order valence-electron chi connectivity index (χ1n) is 7.02. The lowest BCUT2D eigenvalue weighted by molar-refractivity contribution is 0.330. The first kappa shape index (κ1) is 14.0. The Balaban J connectivity index is 1.54. The fraction of sp³-hybridized carbons (Fsp3) is 0.357. The maximum absolute atomic E-state index is 6.14. The fourth-order valence-electron chi connectivity index (χ4n) is 2.51. The van der Waals surface area contributed by atoms with Gasteiger partial charge in [-0.05, 0) is 25.1 Å². The summed E-state index contributed by atoms with van der Waals surface area (Å²) in [7, 11) is 0. The van der Waals surface area contributed by atoms with Crippen LogP contribution in [-0.2, 0) is 12.8 Å². The van der Waals surface area contributed by atoms with Gasteiger partial charge in [0.05, 0.1) is 22.2 Å². The third-order valence-corrected chi connectivity index (χ3v) is 4.19. The van der Waals surface area contributed by atoms with Gasteiger partial charge in [-0.3, -0.25) is 0 Å². The highest BCUT2D eigenvalue weighted by atomic mass is 35.5. The number of imidazole rings is 1. The van der Waals surface area contributed by atoms with Gasteiger partial charge in [-0.2, -0.15) is 4.98 Å². The van der Waals surface area contributed by atoms with Crippen molar-refractivity contribution in [2.24, 2.45) is 5.92 Å². The number of aromatic nitrogens is 4. The van der Waals surface area contributed by atoms with E-state index in [1.165, 1.54) is 0 Å². The molecule has 0 radical (unpaired) electrons. The largest absolute Gasteiger partial charge is 0.339 e. The Labute approximate surface area is 136 Å². The van der Waals surface area contributed by atoms with Gasteiger partial charge in [0.25, 0.3) is 0 Å². The van der Waals surface area contributed by atoms with Gasteiger partial charge in [-0.1, -0.05) is 28.4 Å². The molecule has 0 atom stereocenters. The van der Waals surface area contributed by atoms with Gasteiger partial charge in [0.15, 0.2) is 11.5 Å². The Morgan fingerprint density at radius 3 is 2.91 bits per heavy atom. The van der Waals surface area contributed by atoms with E-state index in [-0.39, 0.29) is 0 Å². The van der Waals surface area contributed by atoms with Crippen LogP contribution in [0.25, 0.3) is 5.65 Å². The van der Waals surface area contributed by atoms with Crippen molar-refractivity contribution < 1.29 is 4.52 Å². The second kappa shape index (κ2) is 5.53. The summed E-state index contributed by atoms with van der Waals surface area (Å²) in [6.07, 6.45) is 4.96. The van der Waals surface area contributed by atoms with E-state index in [0.29, 0.717) is 33.9 Å². The number of nitrogens with zero attached hydrogens (tertiary/aromatic N) is 4. The highest BCUT2D eigenvalue weighted by Crippen LogP contribution is 2.22. The summed E-state index contributed by atoms with van der Waals surface area (Å²) in [6, 6.07) is 1.67. The zero-order valence-electron chi connectivity index (χ0n) is 11.6. The number of pyridine rings is 1. The van der Waals surface area contributed by atoms with Crippen LogP contribution in [0.4, 0.5) is 0 Å². The summed E-state index contributed by atoms with van der Waals surface area (Å²) >= 11 is 12.1. The van der Waals surface area contributed by atoms with E-state index in [4.69, 9.17) is 27.7 Å². The molecule has 6 nitrogen and oxygen atoms in total. The molecule has 0 unspecified atom stereocenters. The zero-order chi connectivity index (χ0) is 15.1. The highest BCUT2D eigenvalue weighted by molar-refractivity contribution is 6.36. The van der Waals surface area contributed by atoms with Crippen molar-refractivity contribution in [3.8, 4) is 0 Å². The molecule has 1 aliphatic heterocycles. The van der Waals surface area contributed by atoms with Crippen LogP contribution in [0.15, 0.2) is 23.0 Å². The van der Waals surface area contributed by atoms with Gasteiger partial charge in [0.2, 0.25) is 5.89 Å². The first-order chi connectivity index (χ1) is 10.7. The minimum absolute atomic E-state index is 0.478. The van der Waals surface area contributed by atoms with Gasteiger partial charge in [0.1, 0.15) is 0 Å². The van der Waals surface area contributed by atoms with Gasteiger partial charge in [-0.15, -0.1) is 0 Å². The molecule has 4 rings (SSSR count). The van der Waals surface area contributed by atoms with Crippen molar-refractivity contribution in [2.45, 2.75) is 12.8 Å². The maximum Gasteiger partial charge on any atom is 0.232 e. The van der Waals surface area contributed by atoms with E-state index in [2.05, 4.69) is 20.4 Å². The quantitative estimate of drug-likeness (QED) is 0.791. The second-order valence-electron chi connectivity index (χ2n) is 5.48. The topological polar surface area (TPSA) is 68.2 Å². The van der Waals surface area contributed by atoms with Crippen molar-refractivity contribution in [1.29, 1.82) is 0 Å². The number of hydrogen-bond acceptors (Lipinski definition) is 5. The minimum atomic E-state index is 0.478. The van der Waals surface area contributed by atoms with Gasteiger partial charge >= 0.3 is 0 Å². The molecule has 0 bridgehead atoms. The van der Waals surface area contributed by atoms with E-state index in [9.17, 15) is 0 Å². The van der Waals surface area contributed by atoms with Crippen molar-refractivity contribution in [2.75, 3.05) is 13.1 Å². The smallest absolute Gasteiger partial charge is 0.232 e. The van der Waals surface area contributed by atoms with Crippen LogP contribution >= 0.6 is 23.2 Å². The van der Waals surface area contributed by atoms with Crippen LogP contribution < -0.4 is 5.32 Å². The van der Waals surface area contributed by atoms with E-state index in [1.54, 1.807) is 16.7 Å². The molecule has 0 saturated carbocycles. The minimum Gasteiger partial charge on any atom is -0.339 e. The third-order valence-electron chi connectivity index (χ3n) is 3.70. The van der Waals surface area contributed by atoms with E-state index >= 15 is 0 Å². The summed E-state index contributed by atoms with van der Waals surface area (Å²) in [4.78, 5) is 8.90. The molecule has 1 saturated heterocycles. The normalized spacial score (nSPS) is 15.4. The summed E-state index contributed by atoms with van der Waals surface area (Å²) in [6.45, 7) is 2.05. The van der Waals surface area contributed by atoms with Crippen LogP contribution in [0.3, 0.4) is 0 Å². The Hall–Kier alpha value is -1.63. The molecule has 0 aliphatic carbocycles. The van der Waals surface area contributed by atoms with Crippen LogP contribution in [0.5, 0.6) is 0 Å². The SMILES string of the molecule is Clc1cc(Cl)c2nc(Cc3nc(CC4CNC4)no3)cn2c1. The van der Waals surface area contributed by atoms with Gasteiger partial charge < -0.3 is 14.2 Å². The molecule has 0 amide bonds. The lowest BCUT2D eigenvalue weighted by Gasteiger charge is -2.25. The van der Waals surface area contributed by atoms with E-state index in [1.807, 2.05) is 6.20 Å². The maximum atomic E-state index is 6.14.